The van der Waals surface area contributed by atoms with Gasteiger partial charge in [-0.2, -0.15) is 18.3 Å². The highest BCUT2D eigenvalue weighted by atomic mass is 19.4. The number of alkyl halides is 3. The SMILES string of the molecule is CNC(C)C(=O)NC(C(=O)N1Cc2cc(OCCOCCOCCOCCOCCNCc3n[nH]c(C)c3NC(=O)c3coc(-c4ccnc(NCC(F)(F)F)c4)n3)ccc2C[C@H]1C(=O)N[C@@H]1CCCc2ccccc21)C(C)(C)C. The highest BCUT2D eigenvalue weighted by Crippen LogP contribution is 2.34. The topological polar surface area (TPSA) is 257 Å². The summed E-state index contributed by atoms with van der Waals surface area (Å²) in [6, 6.07) is 14.4. The fraction of sp³-hybridized carbons (Fsp3) is 0.518. The third-order valence-corrected chi connectivity index (χ3v) is 13.6. The number of aromatic amines is 1. The summed E-state index contributed by atoms with van der Waals surface area (Å²) in [5.41, 5.74) is 5.42. The number of ether oxygens (including phenoxy) is 5. The second-order valence-corrected chi connectivity index (χ2v) is 20.6. The second kappa shape index (κ2) is 29.0. The Labute approximate surface area is 463 Å². The van der Waals surface area contributed by atoms with Crippen LogP contribution in [0, 0.1) is 12.3 Å². The Hall–Kier alpha value is -6.96. The number of oxazole rings is 1. The van der Waals surface area contributed by atoms with E-state index in [1.807, 2.05) is 51.1 Å². The molecule has 7 rings (SSSR count). The maximum atomic E-state index is 14.7. The number of halogens is 3. The van der Waals surface area contributed by atoms with E-state index in [0.717, 1.165) is 42.2 Å². The van der Waals surface area contributed by atoms with Gasteiger partial charge in [0.05, 0.1) is 82.0 Å². The Kier molecular flexibility index (Phi) is 22.0. The Balaban J connectivity index is 0.760. The zero-order chi connectivity index (χ0) is 57.2. The number of nitrogens with one attached hydrogen (secondary N) is 7. The highest BCUT2D eigenvalue weighted by Gasteiger charge is 2.43. The van der Waals surface area contributed by atoms with Gasteiger partial charge in [-0.3, -0.25) is 24.3 Å². The molecule has 0 saturated heterocycles. The molecular formula is C56H74F3N11O10. The summed E-state index contributed by atoms with van der Waals surface area (Å²) < 4.78 is 72.1. The molecule has 0 spiro atoms. The fourth-order valence-corrected chi connectivity index (χ4v) is 9.14. The molecule has 2 aliphatic rings. The first-order chi connectivity index (χ1) is 38.4. The highest BCUT2D eigenvalue weighted by molar-refractivity contribution is 6.03. The van der Waals surface area contributed by atoms with Crippen molar-refractivity contribution in [3.63, 3.8) is 0 Å². The molecule has 434 valence electrons. The number of likely N-dealkylation sites (N-methyl/N-ethyl adjacent to an activating group) is 1. The van der Waals surface area contributed by atoms with Crippen LogP contribution in [0.1, 0.15) is 90.7 Å². The van der Waals surface area contributed by atoms with Crippen molar-refractivity contribution in [2.24, 2.45) is 5.41 Å². The van der Waals surface area contributed by atoms with Gasteiger partial charge in [-0.1, -0.05) is 51.1 Å². The van der Waals surface area contributed by atoms with E-state index in [9.17, 15) is 32.3 Å². The average Bonchev–Trinajstić information content (AvgIpc) is 4.08. The molecule has 5 aromatic rings. The average molecular weight is 1120 g/mol. The zero-order valence-corrected chi connectivity index (χ0v) is 46.2. The summed E-state index contributed by atoms with van der Waals surface area (Å²) in [5, 5.41) is 24.6. The van der Waals surface area contributed by atoms with Crippen molar-refractivity contribution in [1.82, 2.24) is 46.3 Å². The molecule has 80 heavy (non-hydrogen) atoms. The summed E-state index contributed by atoms with van der Waals surface area (Å²) in [6.07, 6.45) is 1.06. The van der Waals surface area contributed by atoms with Gasteiger partial charge in [-0.15, -0.1) is 0 Å². The normalized spacial score (nSPS) is 16.0. The fourth-order valence-electron chi connectivity index (χ4n) is 9.14. The van der Waals surface area contributed by atoms with E-state index >= 15 is 0 Å². The summed E-state index contributed by atoms with van der Waals surface area (Å²) >= 11 is 0. The molecule has 7 N–H and O–H groups in total. The van der Waals surface area contributed by atoms with Gasteiger partial charge in [-0.05, 0) is 92.1 Å². The van der Waals surface area contributed by atoms with Crippen molar-refractivity contribution >= 4 is 35.1 Å². The third kappa shape index (κ3) is 17.5. The number of carbonyl (C=O) groups excluding carboxylic acids is 4. The van der Waals surface area contributed by atoms with Crippen LogP contribution in [0.2, 0.25) is 0 Å². The van der Waals surface area contributed by atoms with Crippen LogP contribution in [-0.4, -0.2) is 153 Å². The number of aryl methyl sites for hydroxylation is 2. The summed E-state index contributed by atoms with van der Waals surface area (Å²) in [5.74, 6) is -0.805. The van der Waals surface area contributed by atoms with Crippen molar-refractivity contribution in [1.29, 1.82) is 0 Å². The number of hydrogen-bond acceptors (Lipinski definition) is 16. The van der Waals surface area contributed by atoms with E-state index in [1.54, 1.807) is 25.8 Å². The lowest BCUT2D eigenvalue weighted by Gasteiger charge is -2.41. The third-order valence-electron chi connectivity index (χ3n) is 13.6. The predicted molar refractivity (Wildman–Crippen MR) is 291 cm³/mol. The number of anilines is 2. The molecule has 3 aromatic heterocycles. The first kappa shape index (κ1) is 60.7. The Morgan fingerprint density at radius 2 is 1.60 bits per heavy atom. The van der Waals surface area contributed by atoms with Crippen molar-refractivity contribution < 1.29 is 60.5 Å². The lowest BCUT2D eigenvalue weighted by atomic mass is 9.83. The van der Waals surface area contributed by atoms with Gasteiger partial charge in [0.1, 0.15) is 43.1 Å². The van der Waals surface area contributed by atoms with Crippen molar-refractivity contribution in [3.8, 4) is 17.2 Å². The quantitative estimate of drug-likeness (QED) is 0.0279. The number of fused-ring (bicyclic) bond motifs is 2. The number of benzene rings is 2. The van der Waals surface area contributed by atoms with Crippen LogP contribution in [0.15, 0.2) is 71.5 Å². The largest absolute Gasteiger partial charge is 0.491 e. The van der Waals surface area contributed by atoms with Crippen LogP contribution in [0.4, 0.5) is 24.7 Å². The van der Waals surface area contributed by atoms with Crippen LogP contribution < -0.4 is 36.6 Å². The Morgan fingerprint density at radius 1 is 0.887 bits per heavy atom. The molecule has 24 heteroatoms. The van der Waals surface area contributed by atoms with Gasteiger partial charge in [0.2, 0.25) is 23.6 Å². The molecule has 0 fully saturated rings. The monoisotopic (exact) mass is 1120 g/mol. The molecule has 4 heterocycles. The number of carbonyl (C=O) groups is 4. The van der Waals surface area contributed by atoms with Gasteiger partial charge in [0, 0.05) is 37.8 Å². The lowest BCUT2D eigenvalue weighted by Crippen LogP contribution is -2.62. The zero-order valence-electron chi connectivity index (χ0n) is 46.2. The van der Waals surface area contributed by atoms with Crippen LogP contribution in [-0.2, 0) is 59.3 Å². The minimum absolute atomic E-state index is 0.0238. The first-order valence-corrected chi connectivity index (χ1v) is 26.9. The molecule has 2 unspecified atom stereocenters. The van der Waals surface area contributed by atoms with Gasteiger partial charge in [0.15, 0.2) is 5.69 Å². The van der Waals surface area contributed by atoms with E-state index in [4.69, 9.17) is 28.1 Å². The minimum Gasteiger partial charge on any atom is -0.491 e. The van der Waals surface area contributed by atoms with Gasteiger partial charge < -0.3 is 64.9 Å². The standard InChI is InChI=1S/C56H74F3N11O10/c1-35-48(66-51(72)45-33-80-53(65-45)39-16-17-62-47(30-39)63-34-56(57,58)59)44(69-68-35)31-61-18-19-75-20-21-76-22-23-77-24-25-78-26-27-79-41-15-14-38-29-46(52(73)64-43-13-9-11-37-10-7-8-12-42(37)43)70(32-40(38)28-41)54(74)49(55(3,4)5)67-50(71)36(2)60-6/h7-8,10,12,14-17,28,30,33,36,43,46,49,60-61H,9,11,13,18-27,29,31-32,34H2,1-6H3,(H,62,63)(H,64,73)(H,66,72)(H,67,71)(H,68,69)/t36?,43-,46+,49?/m1/s1. The van der Waals surface area contributed by atoms with Crippen molar-refractivity contribution in [3.05, 3.63) is 106 Å². The molecular weight excluding hydrogens is 1040 g/mol. The van der Waals surface area contributed by atoms with Gasteiger partial charge in [0.25, 0.3) is 5.91 Å². The molecule has 1 aliphatic carbocycles. The molecule has 0 bridgehead atoms. The molecule has 0 saturated carbocycles. The van der Waals surface area contributed by atoms with Crippen molar-refractivity contribution in [2.75, 3.05) is 90.2 Å². The maximum absolute atomic E-state index is 14.7. The molecule has 2 aromatic carbocycles. The van der Waals surface area contributed by atoms with Crippen LogP contribution >= 0.6 is 0 Å². The Bertz CT molecular complexity index is 2840. The molecule has 1 aliphatic heterocycles. The number of rotatable bonds is 29. The van der Waals surface area contributed by atoms with Gasteiger partial charge in [-0.25, -0.2) is 9.97 Å². The molecule has 21 nitrogen and oxygen atoms in total. The number of amides is 4. The Morgan fingerprint density at radius 3 is 2.31 bits per heavy atom. The predicted octanol–water partition coefficient (Wildman–Crippen LogP) is 5.82. The number of aromatic nitrogens is 4. The number of H-pyrrole nitrogens is 1. The smallest absolute Gasteiger partial charge is 0.405 e. The minimum atomic E-state index is -4.42. The number of hydrogen-bond donors (Lipinski definition) is 7. The molecule has 0 radical (unpaired) electrons. The van der Waals surface area contributed by atoms with Gasteiger partial charge >= 0.3 is 6.18 Å². The molecule has 4 atom stereocenters. The van der Waals surface area contributed by atoms with E-state index < -0.39 is 42.2 Å². The number of nitrogens with zero attached hydrogens (tertiary/aromatic N) is 4. The van der Waals surface area contributed by atoms with E-state index in [0.29, 0.717) is 101 Å². The summed E-state index contributed by atoms with van der Waals surface area (Å²) in [6.45, 7) is 12.2. The number of pyridine rings is 1. The van der Waals surface area contributed by atoms with Crippen LogP contribution in [0.25, 0.3) is 11.5 Å². The van der Waals surface area contributed by atoms with Crippen LogP contribution in [0.3, 0.4) is 0 Å². The second-order valence-electron chi connectivity index (χ2n) is 20.6. The lowest BCUT2D eigenvalue weighted by molar-refractivity contribution is -0.147. The first-order valence-electron chi connectivity index (χ1n) is 26.9. The van der Waals surface area contributed by atoms with Crippen molar-refractivity contribution in [2.45, 2.75) is 104 Å². The summed E-state index contributed by atoms with van der Waals surface area (Å²) in [4.78, 5) is 64.9. The molecule has 4 amide bonds. The van der Waals surface area contributed by atoms with E-state index in [1.165, 1.54) is 23.9 Å². The maximum Gasteiger partial charge on any atom is 0.405 e. The van der Waals surface area contributed by atoms with E-state index in [2.05, 4.69) is 64.2 Å². The van der Waals surface area contributed by atoms with Crippen LogP contribution in [0.5, 0.6) is 5.75 Å². The summed E-state index contributed by atoms with van der Waals surface area (Å²) in [7, 11) is 1.69. The van der Waals surface area contributed by atoms with E-state index in [-0.39, 0.29) is 54.3 Å².